The van der Waals surface area contributed by atoms with Gasteiger partial charge in [0.25, 0.3) is 5.91 Å². The van der Waals surface area contributed by atoms with Crippen molar-refractivity contribution in [1.29, 1.82) is 0 Å². The molecule has 1 amide bonds. The monoisotopic (exact) mass is 321 g/mol. The Morgan fingerprint density at radius 1 is 1.36 bits per heavy atom. The predicted molar refractivity (Wildman–Crippen MR) is 82.4 cm³/mol. The SMILES string of the molecule is Cc1nn(-c2ccc(Cl)cc2)cc1C(=O)NCC(C)C(=O)O. The van der Waals surface area contributed by atoms with Gasteiger partial charge >= 0.3 is 5.97 Å². The van der Waals surface area contributed by atoms with Gasteiger partial charge in [-0.1, -0.05) is 18.5 Å². The standard InChI is InChI=1S/C15H16ClN3O3/c1-9(15(21)22)7-17-14(20)13-8-19(18-10(13)2)12-5-3-11(16)4-6-12/h3-6,8-9H,7H2,1-2H3,(H,17,20)(H,21,22). The summed E-state index contributed by atoms with van der Waals surface area (Å²) < 4.78 is 1.58. The van der Waals surface area contributed by atoms with Gasteiger partial charge in [-0.2, -0.15) is 5.10 Å². The van der Waals surface area contributed by atoms with Crippen molar-refractivity contribution in [2.75, 3.05) is 6.54 Å². The number of aromatic nitrogens is 2. The van der Waals surface area contributed by atoms with E-state index in [9.17, 15) is 9.59 Å². The lowest BCUT2D eigenvalue weighted by Crippen LogP contribution is -2.31. The number of nitrogens with zero attached hydrogens (tertiary/aromatic N) is 2. The van der Waals surface area contributed by atoms with Gasteiger partial charge in [0.15, 0.2) is 0 Å². The molecule has 2 aromatic rings. The van der Waals surface area contributed by atoms with E-state index in [-0.39, 0.29) is 12.5 Å². The summed E-state index contributed by atoms with van der Waals surface area (Å²) >= 11 is 5.84. The number of nitrogens with one attached hydrogen (secondary N) is 1. The normalized spacial score (nSPS) is 12.0. The third-order valence-corrected chi connectivity index (χ3v) is 3.48. The number of rotatable bonds is 5. The zero-order valence-corrected chi connectivity index (χ0v) is 13.0. The number of hydrogen-bond acceptors (Lipinski definition) is 3. The van der Waals surface area contributed by atoms with Gasteiger partial charge in [0.1, 0.15) is 0 Å². The minimum Gasteiger partial charge on any atom is -0.481 e. The second-order valence-electron chi connectivity index (χ2n) is 5.00. The summed E-state index contributed by atoms with van der Waals surface area (Å²) in [6.07, 6.45) is 1.61. The third kappa shape index (κ3) is 3.65. The summed E-state index contributed by atoms with van der Waals surface area (Å²) in [6.45, 7) is 3.33. The molecule has 0 aliphatic carbocycles. The lowest BCUT2D eigenvalue weighted by molar-refractivity contribution is -0.140. The van der Waals surface area contributed by atoms with Crippen molar-refractivity contribution in [2.24, 2.45) is 5.92 Å². The molecule has 6 nitrogen and oxygen atoms in total. The van der Waals surface area contributed by atoms with E-state index < -0.39 is 11.9 Å². The maximum absolute atomic E-state index is 12.1. The minimum atomic E-state index is -0.950. The van der Waals surface area contributed by atoms with Crippen LogP contribution in [0.4, 0.5) is 0 Å². The second kappa shape index (κ2) is 6.62. The van der Waals surface area contributed by atoms with E-state index in [2.05, 4.69) is 10.4 Å². The molecule has 2 rings (SSSR count). The van der Waals surface area contributed by atoms with Gasteiger partial charge in [-0.25, -0.2) is 4.68 Å². The maximum Gasteiger partial charge on any atom is 0.308 e. The van der Waals surface area contributed by atoms with Gasteiger partial charge in [0, 0.05) is 17.8 Å². The molecule has 7 heteroatoms. The van der Waals surface area contributed by atoms with E-state index in [0.717, 1.165) is 5.69 Å². The van der Waals surface area contributed by atoms with Crippen LogP contribution in [0.2, 0.25) is 5.02 Å². The third-order valence-electron chi connectivity index (χ3n) is 3.23. The number of carboxylic acid groups (broad SMARTS) is 1. The summed E-state index contributed by atoms with van der Waals surface area (Å²) in [5.41, 5.74) is 1.76. The van der Waals surface area contributed by atoms with Crippen molar-refractivity contribution in [3.8, 4) is 5.69 Å². The minimum absolute atomic E-state index is 0.0692. The van der Waals surface area contributed by atoms with Gasteiger partial charge in [-0.15, -0.1) is 0 Å². The molecule has 0 saturated carbocycles. The number of hydrogen-bond donors (Lipinski definition) is 2. The molecule has 1 heterocycles. The van der Waals surface area contributed by atoms with Crippen LogP contribution in [0.25, 0.3) is 5.69 Å². The summed E-state index contributed by atoms with van der Waals surface area (Å²) in [6, 6.07) is 7.07. The molecule has 1 unspecified atom stereocenters. The average Bonchev–Trinajstić information content (AvgIpc) is 2.87. The Bertz CT molecular complexity index is 695. The highest BCUT2D eigenvalue weighted by molar-refractivity contribution is 6.30. The molecule has 116 valence electrons. The van der Waals surface area contributed by atoms with E-state index in [1.165, 1.54) is 6.92 Å². The number of carbonyl (C=O) groups excluding carboxylic acids is 1. The zero-order chi connectivity index (χ0) is 16.3. The highest BCUT2D eigenvalue weighted by Gasteiger charge is 2.17. The number of aryl methyl sites for hydroxylation is 1. The summed E-state index contributed by atoms with van der Waals surface area (Å²) in [5.74, 6) is -1.93. The Labute approximate surface area is 132 Å². The molecule has 2 N–H and O–H groups in total. The Hall–Kier alpha value is -2.34. The van der Waals surface area contributed by atoms with Crippen LogP contribution in [0.15, 0.2) is 30.5 Å². The molecule has 0 bridgehead atoms. The first-order chi connectivity index (χ1) is 10.4. The molecule has 0 aliphatic rings. The van der Waals surface area contributed by atoms with Crippen LogP contribution in [0.3, 0.4) is 0 Å². The fourth-order valence-electron chi connectivity index (χ4n) is 1.84. The first kappa shape index (κ1) is 16.0. The molecule has 1 aromatic carbocycles. The van der Waals surface area contributed by atoms with Crippen LogP contribution in [-0.2, 0) is 4.79 Å². The number of carboxylic acids is 1. The molecule has 1 aromatic heterocycles. The molecular formula is C15H16ClN3O3. The first-order valence-electron chi connectivity index (χ1n) is 6.71. The van der Waals surface area contributed by atoms with E-state index >= 15 is 0 Å². The van der Waals surface area contributed by atoms with Crippen molar-refractivity contribution in [3.63, 3.8) is 0 Å². The highest BCUT2D eigenvalue weighted by atomic mass is 35.5. The Morgan fingerprint density at radius 2 is 2.00 bits per heavy atom. The number of benzene rings is 1. The first-order valence-corrected chi connectivity index (χ1v) is 7.09. The second-order valence-corrected chi connectivity index (χ2v) is 5.43. The van der Waals surface area contributed by atoms with Crippen molar-refractivity contribution >= 4 is 23.5 Å². The van der Waals surface area contributed by atoms with Crippen LogP contribution in [0.5, 0.6) is 0 Å². The van der Waals surface area contributed by atoms with Crippen molar-refractivity contribution in [3.05, 3.63) is 46.7 Å². The fraction of sp³-hybridized carbons (Fsp3) is 0.267. The average molecular weight is 322 g/mol. The Balaban J connectivity index is 2.14. The van der Waals surface area contributed by atoms with Gasteiger partial charge in [0.2, 0.25) is 0 Å². The van der Waals surface area contributed by atoms with E-state index in [1.54, 1.807) is 42.1 Å². The van der Waals surface area contributed by atoms with E-state index in [1.807, 2.05) is 0 Å². The van der Waals surface area contributed by atoms with Gasteiger partial charge in [-0.05, 0) is 31.2 Å². The van der Waals surface area contributed by atoms with Crippen LogP contribution >= 0.6 is 11.6 Å². The van der Waals surface area contributed by atoms with Gasteiger partial charge in [0.05, 0.1) is 22.9 Å². The van der Waals surface area contributed by atoms with Crippen molar-refractivity contribution in [1.82, 2.24) is 15.1 Å². The molecule has 1 atom stereocenters. The molecule has 0 saturated heterocycles. The number of carbonyl (C=O) groups is 2. The van der Waals surface area contributed by atoms with Gasteiger partial charge in [-0.3, -0.25) is 9.59 Å². The fourth-order valence-corrected chi connectivity index (χ4v) is 1.96. The zero-order valence-electron chi connectivity index (χ0n) is 12.2. The van der Waals surface area contributed by atoms with Crippen LogP contribution in [0.1, 0.15) is 23.0 Å². The summed E-state index contributed by atoms with van der Waals surface area (Å²) in [4.78, 5) is 22.9. The Morgan fingerprint density at radius 3 is 2.59 bits per heavy atom. The van der Waals surface area contributed by atoms with Crippen LogP contribution < -0.4 is 5.32 Å². The Kier molecular flexibility index (Phi) is 4.82. The molecule has 22 heavy (non-hydrogen) atoms. The van der Waals surface area contributed by atoms with Crippen LogP contribution in [0, 0.1) is 12.8 Å². The predicted octanol–water partition coefficient (Wildman–Crippen LogP) is 2.28. The molecule has 0 fully saturated rings. The number of aliphatic carboxylic acids is 1. The molecule has 0 spiro atoms. The van der Waals surface area contributed by atoms with E-state index in [0.29, 0.717) is 16.3 Å². The highest BCUT2D eigenvalue weighted by Crippen LogP contribution is 2.15. The molecule has 0 radical (unpaired) electrons. The maximum atomic E-state index is 12.1. The lowest BCUT2D eigenvalue weighted by atomic mass is 10.2. The summed E-state index contributed by atoms with van der Waals surface area (Å²) in [7, 11) is 0. The molecule has 0 aliphatic heterocycles. The molecular weight excluding hydrogens is 306 g/mol. The largest absolute Gasteiger partial charge is 0.481 e. The quantitative estimate of drug-likeness (QED) is 0.885. The van der Waals surface area contributed by atoms with E-state index in [4.69, 9.17) is 16.7 Å². The number of halogens is 1. The lowest BCUT2D eigenvalue weighted by Gasteiger charge is -2.07. The van der Waals surface area contributed by atoms with Crippen molar-refractivity contribution in [2.45, 2.75) is 13.8 Å². The summed E-state index contributed by atoms with van der Waals surface area (Å²) in [5, 5.41) is 16.3. The smallest absolute Gasteiger partial charge is 0.308 e. The number of amides is 1. The van der Waals surface area contributed by atoms with Crippen LogP contribution in [-0.4, -0.2) is 33.3 Å². The van der Waals surface area contributed by atoms with Gasteiger partial charge < -0.3 is 10.4 Å². The van der Waals surface area contributed by atoms with Crippen molar-refractivity contribution < 1.29 is 14.7 Å². The topological polar surface area (TPSA) is 84.2 Å².